The molecule has 0 aromatic heterocycles. The predicted molar refractivity (Wildman–Crippen MR) is 81.9 cm³/mol. The van der Waals surface area contributed by atoms with E-state index in [0.29, 0.717) is 13.1 Å². The van der Waals surface area contributed by atoms with Crippen LogP contribution in [-0.2, 0) is 4.79 Å². The van der Waals surface area contributed by atoms with Crippen molar-refractivity contribution >= 4 is 23.2 Å². The van der Waals surface area contributed by atoms with Gasteiger partial charge < -0.3 is 10.2 Å². The predicted octanol–water partition coefficient (Wildman–Crippen LogP) is 1.21. The molecule has 2 rings (SSSR count). The van der Waals surface area contributed by atoms with E-state index in [1.165, 1.54) is 5.69 Å². The molecule has 0 aliphatic carbocycles. The number of anilines is 1. The zero-order valence-electron chi connectivity index (χ0n) is 11.3. The summed E-state index contributed by atoms with van der Waals surface area (Å²) in [4.78, 5) is 16.0. The largest absolute Gasteiger partial charge is 0.369 e. The number of benzene rings is 1. The van der Waals surface area contributed by atoms with Gasteiger partial charge in [0.15, 0.2) is 0 Å². The van der Waals surface area contributed by atoms with Crippen LogP contribution in [0.3, 0.4) is 0 Å². The highest BCUT2D eigenvalue weighted by Crippen LogP contribution is 2.19. The van der Waals surface area contributed by atoms with Crippen molar-refractivity contribution in [3.8, 4) is 12.3 Å². The van der Waals surface area contributed by atoms with Crippen molar-refractivity contribution in [2.75, 3.05) is 44.2 Å². The molecule has 106 valence electrons. The molecule has 0 bridgehead atoms. The molecule has 4 nitrogen and oxygen atoms in total. The third-order valence-electron chi connectivity index (χ3n) is 3.32. The second-order valence-corrected chi connectivity index (χ2v) is 5.16. The van der Waals surface area contributed by atoms with Gasteiger partial charge in [-0.3, -0.25) is 9.69 Å². The Kier molecular flexibility index (Phi) is 5.28. The van der Waals surface area contributed by atoms with E-state index in [1.807, 2.05) is 24.3 Å². The van der Waals surface area contributed by atoms with Crippen molar-refractivity contribution in [1.82, 2.24) is 10.2 Å². The first-order valence-corrected chi connectivity index (χ1v) is 7.00. The van der Waals surface area contributed by atoms with Crippen molar-refractivity contribution in [2.24, 2.45) is 0 Å². The van der Waals surface area contributed by atoms with Crippen molar-refractivity contribution in [3.63, 3.8) is 0 Å². The standard InChI is InChI=1S/C15H18ClN3O/c1-2-7-17-15(20)12-18-8-10-19(11-9-18)14-5-3-13(16)4-6-14/h1,3-6H,7-12H2,(H,17,20). The summed E-state index contributed by atoms with van der Waals surface area (Å²) in [6.07, 6.45) is 5.11. The Labute approximate surface area is 124 Å². The van der Waals surface area contributed by atoms with Crippen LogP contribution in [0, 0.1) is 12.3 Å². The molecule has 1 amide bonds. The van der Waals surface area contributed by atoms with Crippen LogP contribution in [0.5, 0.6) is 0 Å². The van der Waals surface area contributed by atoms with Crippen LogP contribution in [0.15, 0.2) is 24.3 Å². The van der Waals surface area contributed by atoms with E-state index in [-0.39, 0.29) is 5.91 Å². The van der Waals surface area contributed by atoms with Crippen molar-refractivity contribution < 1.29 is 4.79 Å². The highest BCUT2D eigenvalue weighted by molar-refractivity contribution is 6.30. The van der Waals surface area contributed by atoms with Crippen molar-refractivity contribution in [2.45, 2.75) is 0 Å². The van der Waals surface area contributed by atoms with Crippen LogP contribution in [0.4, 0.5) is 5.69 Å². The summed E-state index contributed by atoms with van der Waals surface area (Å²) in [5.41, 5.74) is 1.17. The van der Waals surface area contributed by atoms with E-state index in [0.717, 1.165) is 31.2 Å². The minimum Gasteiger partial charge on any atom is -0.369 e. The van der Waals surface area contributed by atoms with E-state index in [1.54, 1.807) is 0 Å². The maximum absolute atomic E-state index is 11.6. The molecular weight excluding hydrogens is 274 g/mol. The average molecular weight is 292 g/mol. The van der Waals surface area contributed by atoms with Gasteiger partial charge >= 0.3 is 0 Å². The fourth-order valence-electron chi connectivity index (χ4n) is 2.22. The number of hydrogen-bond acceptors (Lipinski definition) is 3. The average Bonchev–Trinajstić information content (AvgIpc) is 2.47. The molecule has 1 aliphatic heterocycles. The van der Waals surface area contributed by atoms with Gasteiger partial charge in [-0.25, -0.2) is 0 Å². The van der Waals surface area contributed by atoms with Crippen LogP contribution in [0.25, 0.3) is 0 Å². The van der Waals surface area contributed by atoms with E-state index in [2.05, 4.69) is 21.0 Å². The Bertz CT molecular complexity index is 487. The van der Waals surface area contributed by atoms with Crippen molar-refractivity contribution in [1.29, 1.82) is 0 Å². The number of terminal acetylenes is 1. The van der Waals surface area contributed by atoms with Gasteiger partial charge in [0.1, 0.15) is 0 Å². The Balaban J connectivity index is 1.79. The fraction of sp³-hybridized carbons (Fsp3) is 0.400. The third kappa shape index (κ3) is 4.16. The summed E-state index contributed by atoms with van der Waals surface area (Å²) in [7, 11) is 0. The maximum atomic E-state index is 11.6. The van der Waals surface area contributed by atoms with Crippen LogP contribution >= 0.6 is 11.6 Å². The normalized spacial score (nSPS) is 15.7. The Morgan fingerprint density at radius 1 is 1.25 bits per heavy atom. The Hall–Kier alpha value is -1.70. The van der Waals surface area contributed by atoms with E-state index >= 15 is 0 Å². The van der Waals surface area contributed by atoms with Gasteiger partial charge in [-0.15, -0.1) is 6.42 Å². The summed E-state index contributed by atoms with van der Waals surface area (Å²) < 4.78 is 0. The van der Waals surface area contributed by atoms with Crippen LogP contribution in [-0.4, -0.2) is 50.1 Å². The molecule has 0 radical (unpaired) electrons. The number of nitrogens with zero attached hydrogens (tertiary/aromatic N) is 2. The number of halogens is 1. The van der Waals surface area contributed by atoms with E-state index in [9.17, 15) is 4.79 Å². The number of rotatable bonds is 4. The summed E-state index contributed by atoms with van der Waals surface area (Å²) in [6.45, 7) is 4.26. The first-order valence-electron chi connectivity index (χ1n) is 6.62. The SMILES string of the molecule is C#CCNC(=O)CN1CCN(c2ccc(Cl)cc2)CC1. The smallest absolute Gasteiger partial charge is 0.234 e. The molecule has 1 heterocycles. The minimum atomic E-state index is -0.0112. The Morgan fingerprint density at radius 2 is 1.90 bits per heavy atom. The number of nitrogens with one attached hydrogen (secondary N) is 1. The van der Waals surface area contributed by atoms with Crippen LogP contribution in [0.1, 0.15) is 0 Å². The van der Waals surface area contributed by atoms with Gasteiger partial charge in [0.25, 0.3) is 0 Å². The molecule has 1 aliphatic rings. The fourth-order valence-corrected chi connectivity index (χ4v) is 2.35. The molecule has 1 aromatic rings. The number of piperazine rings is 1. The monoisotopic (exact) mass is 291 g/mol. The molecule has 1 saturated heterocycles. The summed E-state index contributed by atoms with van der Waals surface area (Å²) >= 11 is 5.89. The molecule has 0 unspecified atom stereocenters. The molecule has 1 fully saturated rings. The molecule has 0 spiro atoms. The molecule has 20 heavy (non-hydrogen) atoms. The lowest BCUT2D eigenvalue weighted by Crippen LogP contribution is -2.49. The first-order chi connectivity index (χ1) is 9.69. The van der Waals surface area contributed by atoms with E-state index in [4.69, 9.17) is 18.0 Å². The first kappa shape index (κ1) is 14.7. The van der Waals surface area contributed by atoms with Gasteiger partial charge in [-0.05, 0) is 24.3 Å². The topological polar surface area (TPSA) is 35.6 Å². The second kappa shape index (κ2) is 7.18. The highest BCUT2D eigenvalue weighted by atomic mass is 35.5. The minimum absolute atomic E-state index is 0.0112. The maximum Gasteiger partial charge on any atom is 0.234 e. The molecular formula is C15H18ClN3O. The quantitative estimate of drug-likeness (QED) is 0.847. The number of carbonyl (C=O) groups is 1. The number of carbonyl (C=O) groups excluding carboxylic acids is 1. The molecule has 5 heteroatoms. The molecule has 1 aromatic carbocycles. The van der Waals surface area contributed by atoms with E-state index < -0.39 is 0 Å². The number of hydrogen-bond donors (Lipinski definition) is 1. The number of amides is 1. The lowest BCUT2D eigenvalue weighted by atomic mass is 10.2. The zero-order valence-corrected chi connectivity index (χ0v) is 12.1. The molecule has 0 atom stereocenters. The van der Waals surface area contributed by atoms with Gasteiger partial charge in [0.05, 0.1) is 13.1 Å². The van der Waals surface area contributed by atoms with Crippen molar-refractivity contribution in [3.05, 3.63) is 29.3 Å². The van der Waals surface area contributed by atoms with Crippen LogP contribution in [0.2, 0.25) is 5.02 Å². The summed E-state index contributed by atoms with van der Waals surface area (Å²) in [6, 6.07) is 7.85. The van der Waals surface area contributed by atoms with Gasteiger partial charge in [-0.1, -0.05) is 17.5 Å². The van der Waals surface area contributed by atoms with Crippen LogP contribution < -0.4 is 10.2 Å². The summed E-state index contributed by atoms with van der Waals surface area (Å²) in [5, 5.41) is 3.43. The Morgan fingerprint density at radius 3 is 2.50 bits per heavy atom. The highest BCUT2D eigenvalue weighted by Gasteiger charge is 2.18. The second-order valence-electron chi connectivity index (χ2n) is 4.72. The van der Waals surface area contributed by atoms with Gasteiger partial charge in [0, 0.05) is 36.9 Å². The zero-order chi connectivity index (χ0) is 14.4. The molecule has 0 saturated carbocycles. The van der Waals surface area contributed by atoms with Gasteiger partial charge in [-0.2, -0.15) is 0 Å². The third-order valence-corrected chi connectivity index (χ3v) is 3.57. The lowest BCUT2D eigenvalue weighted by Gasteiger charge is -2.35. The summed E-state index contributed by atoms with van der Waals surface area (Å²) in [5.74, 6) is 2.39. The van der Waals surface area contributed by atoms with Gasteiger partial charge in [0.2, 0.25) is 5.91 Å². The molecule has 1 N–H and O–H groups in total. The lowest BCUT2D eigenvalue weighted by molar-refractivity contribution is -0.122.